The fourth-order valence-electron chi connectivity index (χ4n) is 1.94. The molecule has 1 fully saturated rings. The minimum absolute atomic E-state index is 0.333. The van der Waals surface area contributed by atoms with E-state index in [1.54, 1.807) is 6.33 Å². The van der Waals surface area contributed by atoms with Crippen molar-refractivity contribution in [2.45, 2.75) is 31.9 Å². The lowest BCUT2D eigenvalue weighted by atomic mass is 10.2. The van der Waals surface area contributed by atoms with Crippen LogP contribution in [0, 0.1) is 0 Å². The number of aromatic nitrogens is 2. The average molecular weight is 251 g/mol. The highest BCUT2D eigenvalue weighted by Crippen LogP contribution is 2.11. The maximum Gasteiger partial charge on any atom is 0.115 e. The molecule has 1 aromatic heterocycles. The van der Waals surface area contributed by atoms with Crippen molar-refractivity contribution in [3.05, 3.63) is 24.3 Å². The first kappa shape index (κ1) is 13.4. The van der Waals surface area contributed by atoms with Gasteiger partial charge in [-0.2, -0.15) is 0 Å². The topological polar surface area (TPSA) is 56.3 Å². The fraction of sp³-hybridized carbons (Fsp3) is 0.692. The molecule has 1 N–H and O–H groups in total. The minimum Gasteiger partial charge on any atom is -0.379 e. The lowest BCUT2D eigenvalue weighted by Gasteiger charge is -2.10. The largest absolute Gasteiger partial charge is 0.379 e. The Morgan fingerprint density at radius 1 is 1.39 bits per heavy atom. The van der Waals surface area contributed by atoms with Crippen LogP contribution in [0.25, 0.3) is 0 Å². The molecule has 0 aromatic carbocycles. The summed E-state index contributed by atoms with van der Waals surface area (Å²) in [6.07, 6.45) is 8.87. The van der Waals surface area contributed by atoms with E-state index in [0.717, 1.165) is 51.3 Å². The zero-order valence-corrected chi connectivity index (χ0v) is 10.7. The van der Waals surface area contributed by atoms with Gasteiger partial charge < -0.3 is 14.8 Å². The summed E-state index contributed by atoms with van der Waals surface area (Å²) in [5.74, 6) is 0. The second kappa shape index (κ2) is 8.13. The number of hydrogen-bond donors (Lipinski definition) is 1. The summed E-state index contributed by atoms with van der Waals surface area (Å²) in [7, 11) is 0. The molecule has 2 rings (SSSR count). The van der Waals surface area contributed by atoms with Gasteiger partial charge in [0.2, 0.25) is 0 Å². The van der Waals surface area contributed by atoms with Gasteiger partial charge in [-0.15, -0.1) is 0 Å². The number of hydrogen-bond acceptors (Lipinski definition) is 5. The average Bonchev–Trinajstić information content (AvgIpc) is 2.92. The molecule has 1 aliphatic heterocycles. The molecule has 0 bridgehead atoms. The third kappa shape index (κ3) is 5.08. The van der Waals surface area contributed by atoms with Gasteiger partial charge in [-0.05, 0) is 25.8 Å². The van der Waals surface area contributed by atoms with Gasteiger partial charge in [0.15, 0.2) is 0 Å². The molecule has 1 unspecified atom stereocenters. The predicted molar refractivity (Wildman–Crippen MR) is 68.1 cm³/mol. The van der Waals surface area contributed by atoms with Crippen LogP contribution in [-0.2, 0) is 16.0 Å². The van der Waals surface area contributed by atoms with E-state index in [0.29, 0.717) is 6.10 Å². The van der Waals surface area contributed by atoms with Crippen LogP contribution in [0.4, 0.5) is 0 Å². The third-order valence-electron chi connectivity index (χ3n) is 2.91. The van der Waals surface area contributed by atoms with Crippen LogP contribution in [0.1, 0.15) is 24.8 Å². The Bertz CT molecular complexity index is 315. The van der Waals surface area contributed by atoms with Gasteiger partial charge in [-0.3, -0.25) is 0 Å². The standard InChI is InChI=1S/C13H21N3O2/c1-3-13(18-6-1)10-17-5-2-4-14-7-12-8-15-11-16-9-12/h8-9,11,13-14H,1-7,10H2. The zero-order valence-electron chi connectivity index (χ0n) is 10.7. The summed E-state index contributed by atoms with van der Waals surface area (Å²) in [5, 5.41) is 3.34. The van der Waals surface area contributed by atoms with Gasteiger partial charge in [0.05, 0.1) is 12.7 Å². The Hall–Kier alpha value is -1.04. The first-order valence-electron chi connectivity index (χ1n) is 6.59. The number of rotatable bonds is 8. The van der Waals surface area contributed by atoms with Crippen molar-refractivity contribution in [1.29, 1.82) is 0 Å². The monoisotopic (exact) mass is 251 g/mol. The highest BCUT2D eigenvalue weighted by molar-refractivity contribution is 5.01. The Balaban J connectivity index is 1.42. The van der Waals surface area contributed by atoms with E-state index in [9.17, 15) is 0 Å². The van der Waals surface area contributed by atoms with Crippen molar-refractivity contribution in [3.63, 3.8) is 0 Å². The van der Waals surface area contributed by atoms with Gasteiger partial charge in [-0.1, -0.05) is 0 Å². The Morgan fingerprint density at radius 2 is 2.28 bits per heavy atom. The fourth-order valence-corrected chi connectivity index (χ4v) is 1.94. The van der Waals surface area contributed by atoms with E-state index in [-0.39, 0.29) is 0 Å². The van der Waals surface area contributed by atoms with Crippen LogP contribution in [-0.4, -0.2) is 42.4 Å². The van der Waals surface area contributed by atoms with E-state index < -0.39 is 0 Å². The highest BCUT2D eigenvalue weighted by Gasteiger charge is 2.14. The van der Waals surface area contributed by atoms with Gasteiger partial charge in [0.25, 0.3) is 0 Å². The van der Waals surface area contributed by atoms with Gasteiger partial charge >= 0.3 is 0 Å². The van der Waals surface area contributed by atoms with Crippen molar-refractivity contribution in [3.8, 4) is 0 Å². The summed E-state index contributed by atoms with van der Waals surface area (Å²) < 4.78 is 11.1. The molecule has 1 aliphatic rings. The number of ether oxygens (including phenoxy) is 2. The summed E-state index contributed by atoms with van der Waals surface area (Å²) in [6.45, 7) is 4.19. The quantitative estimate of drug-likeness (QED) is 0.702. The van der Waals surface area contributed by atoms with Crippen molar-refractivity contribution in [2.24, 2.45) is 0 Å². The van der Waals surface area contributed by atoms with Crippen molar-refractivity contribution in [2.75, 3.05) is 26.4 Å². The molecule has 5 heteroatoms. The molecule has 0 amide bonds. The van der Waals surface area contributed by atoms with Crippen molar-refractivity contribution in [1.82, 2.24) is 15.3 Å². The second-order valence-electron chi connectivity index (χ2n) is 4.49. The molecule has 2 heterocycles. The zero-order chi connectivity index (χ0) is 12.5. The second-order valence-corrected chi connectivity index (χ2v) is 4.49. The van der Waals surface area contributed by atoms with E-state index >= 15 is 0 Å². The molecule has 0 aliphatic carbocycles. The highest BCUT2D eigenvalue weighted by atomic mass is 16.5. The maximum absolute atomic E-state index is 5.58. The predicted octanol–water partition coefficient (Wildman–Crippen LogP) is 1.15. The summed E-state index contributed by atoms with van der Waals surface area (Å²) in [5.41, 5.74) is 1.11. The van der Waals surface area contributed by atoms with E-state index in [2.05, 4.69) is 15.3 Å². The Labute approximate surface area is 108 Å². The smallest absolute Gasteiger partial charge is 0.115 e. The molecule has 100 valence electrons. The molecule has 0 radical (unpaired) electrons. The minimum atomic E-state index is 0.333. The van der Waals surface area contributed by atoms with E-state index in [1.165, 1.54) is 6.42 Å². The lowest BCUT2D eigenvalue weighted by Crippen LogP contribution is -2.19. The molecule has 1 aromatic rings. The van der Waals surface area contributed by atoms with Crippen LogP contribution < -0.4 is 5.32 Å². The van der Waals surface area contributed by atoms with E-state index in [1.807, 2.05) is 12.4 Å². The van der Waals surface area contributed by atoms with Crippen molar-refractivity contribution < 1.29 is 9.47 Å². The Kier molecular flexibility index (Phi) is 6.05. The number of nitrogens with one attached hydrogen (secondary N) is 1. The SMILES string of the molecule is c1ncc(CNCCCOCC2CCCO2)cn1. The van der Waals surface area contributed by atoms with Gasteiger partial charge in [0.1, 0.15) is 6.33 Å². The lowest BCUT2D eigenvalue weighted by molar-refractivity contribution is 0.0166. The summed E-state index contributed by atoms with van der Waals surface area (Å²) in [4.78, 5) is 7.93. The molecule has 0 saturated carbocycles. The summed E-state index contributed by atoms with van der Waals surface area (Å²) >= 11 is 0. The molecule has 1 saturated heterocycles. The van der Waals surface area contributed by atoms with Crippen LogP contribution in [0.3, 0.4) is 0 Å². The maximum atomic E-state index is 5.58. The molecule has 18 heavy (non-hydrogen) atoms. The Morgan fingerprint density at radius 3 is 3.06 bits per heavy atom. The van der Waals surface area contributed by atoms with Crippen LogP contribution in [0.2, 0.25) is 0 Å². The van der Waals surface area contributed by atoms with Crippen molar-refractivity contribution >= 4 is 0 Å². The molecule has 5 nitrogen and oxygen atoms in total. The number of nitrogens with zero attached hydrogens (tertiary/aromatic N) is 2. The molecular formula is C13H21N3O2. The van der Waals surface area contributed by atoms with Crippen LogP contribution >= 0.6 is 0 Å². The third-order valence-corrected chi connectivity index (χ3v) is 2.91. The van der Waals surface area contributed by atoms with Crippen LogP contribution in [0.15, 0.2) is 18.7 Å². The first-order valence-corrected chi connectivity index (χ1v) is 6.59. The van der Waals surface area contributed by atoms with Crippen LogP contribution in [0.5, 0.6) is 0 Å². The molecule has 0 spiro atoms. The van der Waals surface area contributed by atoms with Gasteiger partial charge in [-0.25, -0.2) is 9.97 Å². The molecule has 1 atom stereocenters. The normalized spacial score (nSPS) is 19.2. The first-order chi connectivity index (χ1) is 8.95. The molecular weight excluding hydrogens is 230 g/mol. The van der Waals surface area contributed by atoms with E-state index in [4.69, 9.17) is 9.47 Å². The summed E-state index contributed by atoms with van der Waals surface area (Å²) in [6, 6.07) is 0. The van der Waals surface area contributed by atoms with Gasteiger partial charge in [0, 0.05) is 37.7 Å².